The molecule has 1 aromatic heterocycles. The third-order valence-corrected chi connectivity index (χ3v) is 5.03. The quantitative estimate of drug-likeness (QED) is 0.532. The fourth-order valence-electron chi connectivity index (χ4n) is 2.67. The number of methoxy groups -OCH3 is 2. The molecule has 0 radical (unpaired) electrons. The Morgan fingerprint density at radius 3 is 2.19 bits per heavy atom. The molecule has 32 heavy (non-hydrogen) atoms. The molecule has 1 heterocycles. The van der Waals surface area contributed by atoms with Crippen molar-refractivity contribution in [3.05, 3.63) is 64.7 Å². The summed E-state index contributed by atoms with van der Waals surface area (Å²) in [4.78, 5) is 28.9. The van der Waals surface area contributed by atoms with Gasteiger partial charge in [-0.15, -0.1) is 11.3 Å². The third kappa shape index (κ3) is 5.97. The number of hydrogen-bond acceptors (Lipinski definition) is 6. The highest BCUT2D eigenvalue weighted by atomic mass is 32.1. The van der Waals surface area contributed by atoms with Crippen molar-refractivity contribution in [2.45, 2.75) is 12.6 Å². The van der Waals surface area contributed by atoms with Crippen LogP contribution in [0.15, 0.2) is 47.8 Å². The summed E-state index contributed by atoms with van der Waals surface area (Å²) < 4.78 is 48.1. The van der Waals surface area contributed by atoms with Crippen molar-refractivity contribution in [2.24, 2.45) is 0 Å². The minimum Gasteiger partial charge on any atom is -0.497 e. The first kappa shape index (κ1) is 23.1. The first-order valence-corrected chi connectivity index (χ1v) is 10.0. The van der Waals surface area contributed by atoms with Crippen molar-refractivity contribution in [1.82, 2.24) is 4.98 Å². The van der Waals surface area contributed by atoms with Crippen LogP contribution in [-0.2, 0) is 17.4 Å². The molecule has 0 bridgehead atoms. The van der Waals surface area contributed by atoms with Crippen molar-refractivity contribution < 1.29 is 32.2 Å². The molecule has 0 aliphatic heterocycles. The van der Waals surface area contributed by atoms with E-state index < -0.39 is 23.6 Å². The Labute approximate surface area is 185 Å². The summed E-state index contributed by atoms with van der Waals surface area (Å²) in [7, 11) is 2.94. The van der Waals surface area contributed by atoms with Gasteiger partial charge < -0.3 is 14.8 Å². The number of carbonyl (C=O) groups excluding carboxylic acids is 2. The van der Waals surface area contributed by atoms with Crippen molar-refractivity contribution >= 4 is 34.0 Å². The molecule has 3 rings (SSSR count). The molecule has 2 aromatic carbocycles. The molecule has 0 unspecified atom stereocenters. The highest BCUT2D eigenvalue weighted by molar-refractivity contribution is 7.14. The van der Waals surface area contributed by atoms with E-state index >= 15 is 0 Å². The van der Waals surface area contributed by atoms with Crippen LogP contribution in [0, 0.1) is 0 Å². The minimum atomic E-state index is -4.44. The van der Waals surface area contributed by atoms with E-state index in [0.717, 1.165) is 23.5 Å². The highest BCUT2D eigenvalue weighted by Gasteiger charge is 2.30. The molecule has 0 fully saturated rings. The fourth-order valence-corrected chi connectivity index (χ4v) is 3.37. The first-order chi connectivity index (χ1) is 15.2. The minimum absolute atomic E-state index is 0.111. The number of carbonyl (C=O) groups is 2. The first-order valence-electron chi connectivity index (χ1n) is 9.14. The molecule has 7 nitrogen and oxygen atoms in total. The molecule has 0 aliphatic rings. The molecule has 11 heteroatoms. The van der Waals surface area contributed by atoms with Gasteiger partial charge in [-0.3, -0.25) is 14.9 Å². The maximum atomic E-state index is 12.6. The van der Waals surface area contributed by atoms with Crippen LogP contribution in [0.5, 0.6) is 11.5 Å². The summed E-state index contributed by atoms with van der Waals surface area (Å²) in [6.45, 7) is 0. The second-order valence-electron chi connectivity index (χ2n) is 6.50. The zero-order valence-electron chi connectivity index (χ0n) is 16.9. The lowest BCUT2D eigenvalue weighted by atomic mass is 10.2. The topological polar surface area (TPSA) is 89.6 Å². The van der Waals surface area contributed by atoms with E-state index in [-0.39, 0.29) is 17.2 Å². The number of alkyl halides is 3. The van der Waals surface area contributed by atoms with Crippen LogP contribution >= 0.6 is 11.3 Å². The average molecular weight is 465 g/mol. The van der Waals surface area contributed by atoms with E-state index in [0.29, 0.717) is 22.8 Å². The summed E-state index contributed by atoms with van der Waals surface area (Å²) in [5, 5.41) is 7.05. The van der Waals surface area contributed by atoms with Gasteiger partial charge in [0.25, 0.3) is 5.91 Å². The van der Waals surface area contributed by atoms with Gasteiger partial charge in [-0.05, 0) is 36.4 Å². The molecule has 0 aliphatic carbocycles. The second kappa shape index (κ2) is 9.69. The Morgan fingerprint density at radius 2 is 1.62 bits per heavy atom. The molecule has 3 aromatic rings. The van der Waals surface area contributed by atoms with Crippen LogP contribution in [0.4, 0.5) is 24.0 Å². The van der Waals surface area contributed by atoms with E-state index in [1.165, 1.54) is 26.4 Å². The van der Waals surface area contributed by atoms with Crippen LogP contribution in [0.3, 0.4) is 0 Å². The maximum Gasteiger partial charge on any atom is 0.416 e. The van der Waals surface area contributed by atoms with Crippen LogP contribution < -0.4 is 20.1 Å². The SMILES string of the molecule is COc1cc(OC)cc(C(=O)Nc2nc(CC(=O)Nc3ccc(C(F)(F)F)cc3)cs2)c1. The third-order valence-electron chi connectivity index (χ3n) is 4.22. The molecule has 0 saturated heterocycles. The number of benzene rings is 2. The zero-order valence-corrected chi connectivity index (χ0v) is 17.8. The maximum absolute atomic E-state index is 12.6. The van der Waals surface area contributed by atoms with Crippen LogP contribution in [0.25, 0.3) is 0 Å². The Kier molecular flexibility index (Phi) is 6.98. The van der Waals surface area contributed by atoms with Gasteiger partial charge in [0.05, 0.1) is 31.9 Å². The summed E-state index contributed by atoms with van der Waals surface area (Å²) in [5.74, 6) is 0.0197. The fraction of sp³-hybridized carbons (Fsp3) is 0.190. The van der Waals surface area contributed by atoms with E-state index in [9.17, 15) is 22.8 Å². The Morgan fingerprint density at radius 1 is 1.00 bits per heavy atom. The van der Waals surface area contributed by atoms with Crippen molar-refractivity contribution in [1.29, 1.82) is 0 Å². The van der Waals surface area contributed by atoms with Gasteiger partial charge >= 0.3 is 6.18 Å². The lowest BCUT2D eigenvalue weighted by molar-refractivity contribution is -0.137. The van der Waals surface area contributed by atoms with Crippen LogP contribution in [-0.4, -0.2) is 31.0 Å². The van der Waals surface area contributed by atoms with Crippen LogP contribution in [0.2, 0.25) is 0 Å². The number of nitrogens with zero attached hydrogens (tertiary/aromatic N) is 1. The number of anilines is 2. The standard InChI is InChI=1S/C21H18F3N3O4S/c1-30-16-7-12(8-17(10-16)31-2)19(29)27-20-26-15(11-32-20)9-18(28)25-14-5-3-13(4-6-14)21(22,23)24/h3-8,10-11H,9H2,1-2H3,(H,25,28)(H,26,27,29). The number of rotatable bonds is 7. The molecular formula is C21H18F3N3O4S. The predicted octanol–water partition coefficient (Wildman–Crippen LogP) is 4.61. The van der Waals surface area contributed by atoms with Gasteiger partial charge in [-0.25, -0.2) is 4.98 Å². The summed E-state index contributed by atoms with van der Waals surface area (Å²) in [5.41, 5.74) is 0.138. The van der Waals surface area contributed by atoms with Gasteiger partial charge in [0.1, 0.15) is 11.5 Å². The van der Waals surface area contributed by atoms with Gasteiger partial charge in [-0.2, -0.15) is 13.2 Å². The molecule has 2 amide bonds. The van der Waals surface area contributed by atoms with Crippen molar-refractivity contribution in [3.8, 4) is 11.5 Å². The Balaban J connectivity index is 1.60. The summed E-state index contributed by atoms with van der Waals surface area (Å²) >= 11 is 1.13. The lowest BCUT2D eigenvalue weighted by Gasteiger charge is -2.08. The molecule has 0 atom stereocenters. The smallest absolute Gasteiger partial charge is 0.416 e. The van der Waals surface area contributed by atoms with Crippen LogP contribution in [0.1, 0.15) is 21.6 Å². The summed E-state index contributed by atoms with van der Waals surface area (Å²) in [6, 6.07) is 8.85. The molecule has 168 valence electrons. The normalized spacial score (nSPS) is 11.0. The predicted molar refractivity (Wildman–Crippen MR) is 113 cm³/mol. The summed E-state index contributed by atoms with van der Waals surface area (Å²) in [6.07, 6.45) is -4.56. The Bertz CT molecular complexity index is 1090. The van der Waals surface area contributed by atoms with Gasteiger partial charge in [0, 0.05) is 22.7 Å². The number of ether oxygens (including phenoxy) is 2. The number of amides is 2. The van der Waals surface area contributed by atoms with Gasteiger partial charge in [-0.1, -0.05) is 0 Å². The highest BCUT2D eigenvalue weighted by Crippen LogP contribution is 2.30. The number of thiazole rings is 1. The van der Waals surface area contributed by atoms with E-state index in [4.69, 9.17) is 9.47 Å². The van der Waals surface area contributed by atoms with E-state index in [2.05, 4.69) is 15.6 Å². The van der Waals surface area contributed by atoms with Crippen molar-refractivity contribution in [3.63, 3.8) is 0 Å². The molecule has 2 N–H and O–H groups in total. The largest absolute Gasteiger partial charge is 0.497 e. The number of hydrogen-bond donors (Lipinski definition) is 2. The Hall–Kier alpha value is -3.60. The van der Waals surface area contributed by atoms with E-state index in [1.807, 2.05) is 0 Å². The number of aromatic nitrogens is 1. The lowest BCUT2D eigenvalue weighted by Crippen LogP contribution is -2.15. The molecular weight excluding hydrogens is 447 g/mol. The second-order valence-corrected chi connectivity index (χ2v) is 7.36. The number of nitrogens with one attached hydrogen (secondary N) is 2. The van der Waals surface area contributed by atoms with E-state index in [1.54, 1.807) is 23.6 Å². The van der Waals surface area contributed by atoms with Crippen molar-refractivity contribution in [2.75, 3.05) is 24.9 Å². The van der Waals surface area contributed by atoms with Gasteiger partial charge in [0.15, 0.2) is 5.13 Å². The number of halogens is 3. The molecule has 0 spiro atoms. The monoisotopic (exact) mass is 465 g/mol. The zero-order chi connectivity index (χ0) is 23.3. The molecule has 0 saturated carbocycles. The average Bonchev–Trinajstić information content (AvgIpc) is 3.19. The van der Waals surface area contributed by atoms with Gasteiger partial charge in [0.2, 0.25) is 5.91 Å².